The molecule has 0 atom stereocenters. The Morgan fingerprint density at radius 2 is 1.83 bits per heavy atom. The number of methoxy groups -OCH3 is 1. The predicted octanol–water partition coefficient (Wildman–Crippen LogP) is 2.80. The second-order valence-electron chi connectivity index (χ2n) is 5.94. The molecule has 7 heteroatoms. The van der Waals surface area contributed by atoms with Crippen molar-refractivity contribution in [3.63, 3.8) is 0 Å². The van der Waals surface area contributed by atoms with Crippen molar-refractivity contribution in [2.75, 3.05) is 38.4 Å². The highest BCUT2D eigenvalue weighted by atomic mass is 31.2. The molecule has 24 heavy (non-hydrogen) atoms. The maximum atomic E-state index is 9.02. The molecule has 0 amide bonds. The van der Waals surface area contributed by atoms with E-state index in [4.69, 9.17) is 9.79 Å². The van der Waals surface area contributed by atoms with Crippen LogP contribution in [0.4, 0.5) is 5.82 Å². The minimum atomic E-state index is -1.74. The van der Waals surface area contributed by atoms with E-state index in [1.165, 1.54) is 0 Å². The molecule has 1 aliphatic heterocycles. The molecule has 6 nitrogen and oxygen atoms in total. The highest BCUT2D eigenvalue weighted by molar-refractivity contribution is 7.45. The quantitative estimate of drug-likeness (QED) is 0.825. The minimum absolute atomic E-state index is 0.538. The van der Waals surface area contributed by atoms with Crippen molar-refractivity contribution in [2.24, 2.45) is 5.92 Å². The monoisotopic (exact) mass is 351 g/mol. The molecule has 0 radical (unpaired) electrons. The summed E-state index contributed by atoms with van der Waals surface area (Å²) in [5.41, 5.74) is 0.982. The first kappa shape index (κ1) is 19.0. The molecule has 3 rings (SSSR count). The molecular formula is C17H26N3O3P. The molecule has 0 saturated carbocycles. The summed E-state index contributed by atoms with van der Waals surface area (Å²) in [6, 6.07) is 8.10. The van der Waals surface area contributed by atoms with E-state index < -0.39 is 8.38 Å². The lowest BCUT2D eigenvalue weighted by atomic mass is 9.94. The summed E-state index contributed by atoms with van der Waals surface area (Å²) in [4.78, 5) is 29.1. The minimum Gasteiger partial charge on any atom is -0.388 e. The summed E-state index contributed by atoms with van der Waals surface area (Å²) in [5, 5.41) is 1.10. The molecule has 1 saturated heterocycles. The number of ether oxygens (including phenoxy) is 1. The third-order valence-corrected chi connectivity index (χ3v) is 4.83. The van der Waals surface area contributed by atoms with Crippen LogP contribution in [0.1, 0.15) is 19.3 Å². The van der Waals surface area contributed by atoms with Crippen LogP contribution < -0.4 is 4.90 Å². The number of nitrogens with zero attached hydrogens (tertiary/aromatic N) is 3. The Bertz CT molecular complexity index is 614. The Balaban J connectivity index is 0.000000647. The molecule has 1 aromatic heterocycles. The predicted molar refractivity (Wildman–Crippen MR) is 98.2 cm³/mol. The Kier molecular flexibility index (Phi) is 7.79. The molecular weight excluding hydrogens is 325 g/mol. The number of aromatic nitrogens is 2. The topological polar surface area (TPSA) is 78.7 Å². The maximum absolute atomic E-state index is 9.02. The molecule has 1 aliphatic rings. The van der Waals surface area contributed by atoms with Gasteiger partial charge in [-0.15, -0.1) is 0 Å². The molecule has 1 aromatic carbocycles. The Morgan fingerprint density at radius 3 is 2.50 bits per heavy atom. The van der Waals surface area contributed by atoms with Gasteiger partial charge in [-0.25, -0.2) is 9.97 Å². The van der Waals surface area contributed by atoms with Gasteiger partial charge in [0.25, 0.3) is 0 Å². The molecule has 0 bridgehead atoms. The number of rotatable bonds is 4. The van der Waals surface area contributed by atoms with Crippen molar-refractivity contribution in [3.05, 3.63) is 30.6 Å². The summed E-state index contributed by atoms with van der Waals surface area (Å²) in [5.74, 6) is 1.62. The van der Waals surface area contributed by atoms with Gasteiger partial charge < -0.3 is 19.4 Å². The van der Waals surface area contributed by atoms with Gasteiger partial charge in [0.05, 0.1) is 5.52 Å². The summed E-state index contributed by atoms with van der Waals surface area (Å²) >= 11 is 0. The van der Waals surface area contributed by atoms with Crippen molar-refractivity contribution in [1.29, 1.82) is 0 Å². The second-order valence-corrected chi connectivity index (χ2v) is 7.13. The van der Waals surface area contributed by atoms with Gasteiger partial charge in [-0.05, 0) is 37.3 Å². The average molecular weight is 351 g/mol. The van der Waals surface area contributed by atoms with Gasteiger partial charge in [0.2, 0.25) is 0 Å². The zero-order chi connectivity index (χ0) is 17.4. The third kappa shape index (κ3) is 5.35. The largest absolute Gasteiger partial charge is 0.388 e. The highest BCUT2D eigenvalue weighted by Crippen LogP contribution is 2.32. The fourth-order valence-electron chi connectivity index (χ4n) is 2.97. The number of para-hydroxylation sites is 1. The molecule has 1 fully saturated rings. The van der Waals surface area contributed by atoms with Gasteiger partial charge in [0, 0.05) is 38.9 Å². The van der Waals surface area contributed by atoms with E-state index in [1.807, 2.05) is 18.2 Å². The number of anilines is 1. The lowest BCUT2D eigenvalue weighted by molar-refractivity contribution is 0.277. The van der Waals surface area contributed by atoms with E-state index in [2.05, 4.69) is 25.7 Å². The first-order chi connectivity index (χ1) is 11.7. The van der Waals surface area contributed by atoms with Gasteiger partial charge in [-0.3, -0.25) is 0 Å². The molecule has 0 aliphatic carbocycles. The van der Waals surface area contributed by atoms with Crippen molar-refractivity contribution >= 4 is 25.1 Å². The van der Waals surface area contributed by atoms with E-state index in [1.54, 1.807) is 20.5 Å². The highest BCUT2D eigenvalue weighted by Gasteiger charge is 2.22. The zero-order valence-corrected chi connectivity index (χ0v) is 15.2. The molecule has 2 aromatic rings. The molecule has 2 heterocycles. The van der Waals surface area contributed by atoms with Crippen LogP contribution in [-0.2, 0) is 4.74 Å². The number of hydrogen-bond donors (Lipinski definition) is 2. The second kappa shape index (κ2) is 9.84. The lowest BCUT2D eigenvalue weighted by Gasteiger charge is -2.33. The number of fused-ring (bicyclic) bond motifs is 1. The Morgan fingerprint density at radius 1 is 1.17 bits per heavy atom. The van der Waals surface area contributed by atoms with Crippen LogP contribution in [0.3, 0.4) is 0 Å². The first-order valence-electron chi connectivity index (χ1n) is 8.15. The van der Waals surface area contributed by atoms with Crippen molar-refractivity contribution in [2.45, 2.75) is 19.3 Å². The van der Waals surface area contributed by atoms with E-state index >= 15 is 0 Å². The average Bonchev–Trinajstić information content (AvgIpc) is 2.61. The smallest absolute Gasteiger partial charge is 0.164 e. The van der Waals surface area contributed by atoms with Crippen molar-refractivity contribution in [1.82, 2.24) is 9.97 Å². The van der Waals surface area contributed by atoms with Crippen LogP contribution in [0.25, 0.3) is 10.9 Å². The fourth-order valence-corrected chi connectivity index (χ4v) is 3.57. The third-order valence-electron chi connectivity index (χ3n) is 4.17. The Hall–Kier alpha value is -1.33. The Labute approximate surface area is 144 Å². The van der Waals surface area contributed by atoms with Gasteiger partial charge in [-0.2, -0.15) is 0 Å². The zero-order valence-electron chi connectivity index (χ0n) is 14.3. The fraction of sp³-hybridized carbons (Fsp3) is 0.529. The summed E-state index contributed by atoms with van der Waals surface area (Å²) in [7, 11) is 1.51. The van der Waals surface area contributed by atoms with Gasteiger partial charge in [0.15, 0.2) is 8.38 Å². The van der Waals surface area contributed by atoms with E-state index in [-0.39, 0.29) is 0 Å². The number of hydrogen-bond acceptors (Lipinski definition) is 6. The van der Waals surface area contributed by atoms with Crippen LogP contribution in [0, 0.1) is 5.92 Å². The number of benzene rings is 1. The van der Waals surface area contributed by atoms with Gasteiger partial charge in [-0.1, -0.05) is 12.1 Å². The van der Waals surface area contributed by atoms with Crippen LogP contribution in [0.5, 0.6) is 0 Å². The molecule has 0 spiro atoms. The van der Waals surface area contributed by atoms with Crippen LogP contribution >= 0.6 is 8.38 Å². The maximum Gasteiger partial charge on any atom is 0.164 e. The molecule has 132 valence electrons. The SMILES string of the molecule is COC.OP(O)CCC1CCN(c2ncnc3ccccc23)CC1. The normalized spacial score (nSPS) is 15.5. The molecule has 2 N–H and O–H groups in total. The van der Waals surface area contributed by atoms with E-state index in [9.17, 15) is 0 Å². The summed E-state index contributed by atoms with van der Waals surface area (Å²) < 4.78 is 4.25. The number of piperidine rings is 1. The first-order valence-corrected chi connectivity index (χ1v) is 9.59. The van der Waals surface area contributed by atoms with Crippen molar-refractivity contribution < 1.29 is 14.5 Å². The standard InChI is InChI=1S/C15H20N3O2P.C2H6O/c19-21(20)10-7-12-5-8-18(9-6-12)15-13-3-1-2-4-14(13)16-11-17-15;1-3-2/h1-4,11-12,19-20H,5-10H2;1-2H3. The van der Waals surface area contributed by atoms with Gasteiger partial charge >= 0.3 is 0 Å². The van der Waals surface area contributed by atoms with Crippen LogP contribution in [0.15, 0.2) is 30.6 Å². The van der Waals surface area contributed by atoms with Crippen LogP contribution in [-0.4, -0.2) is 53.2 Å². The summed E-state index contributed by atoms with van der Waals surface area (Å²) in [6.07, 6.45) is 5.25. The summed E-state index contributed by atoms with van der Waals surface area (Å²) in [6.45, 7) is 1.95. The van der Waals surface area contributed by atoms with Crippen LogP contribution in [0.2, 0.25) is 0 Å². The van der Waals surface area contributed by atoms with Crippen molar-refractivity contribution in [3.8, 4) is 0 Å². The van der Waals surface area contributed by atoms with E-state index in [0.717, 1.165) is 49.1 Å². The van der Waals surface area contributed by atoms with Gasteiger partial charge in [0.1, 0.15) is 12.1 Å². The molecule has 0 unspecified atom stereocenters. The lowest BCUT2D eigenvalue weighted by Crippen LogP contribution is -2.34. The van der Waals surface area contributed by atoms with E-state index in [0.29, 0.717) is 12.1 Å².